The molecule has 6 nitrogen and oxygen atoms in total. The molecule has 0 unspecified atom stereocenters. The fourth-order valence-corrected chi connectivity index (χ4v) is 4.02. The summed E-state index contributed by atoms with van der Waals surface area (Å²) >= 11 is 0. The van der Waals surface area contributed by atoms with Crippen molar-refractivity contribution in [1.82, 2.24) is 4.90 Å². The lowest BCUT2D eigenvalue weighted by molar-refractivity contribution is 0.258. The molecule has 0 spiro atoms. The molecule has 1 aliphatic rings. The molecule has 2 aromatic carbocycles. The molecular formula is C26H30N2O4. The standard InChI is InChI=1S/C26H30N2O4/c1-3-4-14-28(17-19-9-7-11-21(16-19)30-2)15-8-10-20-18-31-25-22-12-5-6-13-23(22)32-26(29)24(25)27-20/h5-7,9,11-13,16H,3-4,8,10,14-15,17-18H2,1-2H3. The number of nitrogens with zero attached hydrogens (tertiary/aromatic N) is 2. The Morgan fingerprint density at radius 1 is 1.09 bits per heavy atom. The van der Waals surface area contributed by atoms with Crippen molar-refractivity contribution < 1.29 is 13.9 Å². The lowest BCUT2D eigenvalue weighted by atomic mass is 10.1. The fraction of sp³-hybridized carbons (Fsp3) is 0.385. The van der Waals surface area contributed by atoms with Crippen LogP contribution in [0.3, 0.4) is 0 Å². The first-order chi connectivity index (χ1) is 15.7. The third-order valence-corrected chi connectivity index (χ3v) is 5.70. The lowest BCUT2D eigenvalue weighted by Gasteiger charge is -2.23. The third-order valence-electron chi connectivity index (χ3n) is 5.70. The number of rotatable bonds is 10. The van der Waals surface area contributed by atoms with Crippen LogP contribution in [0.2, 0.25) is 0 Å². The summed E-state index contributed by atoms with van der Waals surface area (Å²) < 4.78 is 16.7. The van der Waals surface area contributed by atoms with Crippen LogP contribution in [-0.2, 0) is 6.54 Å². The number of unbranched alkanes of at least 4 members (excludes halogenated alkanes) is 1. The molecule has 6 heteroatoms. The van der Waals surface area contributed by atoms with Gasteiger partial charge in [0, 0.05) is 6.54 Å². The van der Waals surface area contributed by atoms with Gasteiger partial charge < -0.3 is 13.9 Å². The first-order valence-electron chi connectivity index (χ1n) is 11.3. The van der Waals surface area contributed by atoms with Crippen LogP contribution in [0.1, 0.15) is 38.2 Å². The molecule has 2 heterocycles. The molecule has 32 heavy (non-hydrogen) atoms. The van der Waals surface area contributed by atoms with Gasteiger partial charge in [-0.1, -0.05) is 37.6 Å². The van der Waals surface area contributed by atoms with E-state index >= 15 is 0 Å². The third kappa shape index (κ3) is 5.19. The molecule has 0 radical (unpaired) electrons. The Bertz CT molecular complexity index is 1150. The van der Waals surface area contributed by atoms with Crippen molar-refractivity contribution >= 4 is 22.4 Å². The SMILES string of the molecule is CCCCN(CCCC1=Nc2c(c3ccccc3oc2=O)OC1)Cc1cccc(OC)c1. The van der Waals surface area contributed by atoms with Crippen LogP contribution in [0.15, 0.2) is 62.7 Å². The van der Waals surface area contributed by atoms with Crippen molar-refractivity contribution in [3.63, 3.8) is 0 Å². The highest BCUT2D eigenvalue weighted by atomic mass is 16.5. The molecule has 0 aliphatic carbocycles. The van der Waals surface area contributed by atoms with Crippen molar-refractivity contribution in [1.29, 1.82) is 0 Å². The van der Waals surface area contributed by atoms with Gasteiger partial charge in [0.1, 0.15) is 17.9 Å². The van der Waals surface area contributed by atoms with Crippen molar-refractivity contribution in [3.05, 3.63) is 64.5 Å². The van der Waals surface area contributed by atoms with Crippen LogP contribution in [0.5, 0.6) is 11.5 Å². The number of ether oxygens (including phenoxy) is 2. The van der Waals surface area contributed by atoms with Crippen LogP contribution < -0.4 is 15.1 Å². The first-order valence-corrected chi connectivity index (χ1v) is 11.3. The molecule has 0 amide bonds. The summed E-state index contributed by atoms with van der Waals surface area (Å²) in [5.41, 5.74) is 2.50. The second-order valence-electron chi connectivity index (χ2n) is 8.11. The number of aliphatic imine (C=N–C) groups is 1. The summed E-state index contributed by atoms with van der Waals surface area (Å²) in [5, 5.41) is 0.786. The van der Waals surface area contributed by atoms with E-state index in [2.05, 4.69) is 28.9 Å². The highest BCUT2D eigenvalue weighted by Crippen LogP contribution is 2.35. The summed E-state index contributed by atoms with van der Waals surface area (Å²) in [5.74, 6) is 1.42. The molecule has 0 saturated carbocycles. The summed E-state index contributed by atoms with van der Waals surface area (Å²) in [4.78, 5) is 19.5. The summed E-state index contributed by atoms with van der Waals surface area (Å²) in [7, 11) is 1.70. The van der Waals surface area contributed by atoms with E-state index in [0.717, 1.165) is 62.2 Å². The van der Waals surface area contributed by atoms with Crippen LogP contribution in [0, 0.1) is 0 Å². The monoisotopic (exact) mass is 434 g/mol. The second kappa shape index (κ2) is 10.5. The van der Waals surface area contributed by atoms with Crippen LogP contribution >= 0.6 is 0 Å². The van der Waals surface area contributed by atoms with E-state index in [1.54, 1.807) is 13.2 Å². The molecule has 0 N–H and O–H groups in total. The summed E-state index contributed by atoms with van der Waals surface area (Å²) in [6.07, 6.45) is 4.06. The Morgan fingerprint density at radius 3 is 2.78 bits per heavy atom. The first kappa shape index (κ1) is 22.1. The maximum Gasteiger partial charge on any atom is 0.366 e. The van der Waals surface area contributed by atoms with Crippen LogP contribution in [-0.4, -0.2) is 37.4 Å². The Balaban J connectivity index is 1.42. The number of para-hydroxylation sites is 1. The molecule has 0 atom stereocenters. The van der Waals surface area contributed by atoms with Gasteiger partial charge in [-0.15, -0.1) is 0 Å². The van der Waals surface area contributed by atoms with Gasteiger partial charge in [0.2, 0.25) is 0 Å². The predicted molar refractivity (Wildman–Crippen MR) is 127 cm³/mol. The normalized spacial score (nSPS) is 13.0. The second-order valence-corrected chi connectivity index (χ2v) is 8.11. The molecule has 0 fully saturated rings. The molecule has 4 rings (SSSR count). The average molecular weight is 435 g/mol. The quantitative estimate of drug-likeness (QED) is 0.403. The number of benzene rings is 2. The van der Waals surface area contributed by atoms with Crippen molar-refractivity contribution in [2.24, 2.45) is 4.99 Å². The molecule has 168 valence electrons. The zero-order chi connectivity index (χ0) is 22.3. The minimum absolute atomic E-state index is 0.282. The van der Waals surface area contributed by atoms with Crippen molar-refractivity contribution in [2.45, 2.75) is 39.2 Å². The molecule has 1 aromatic heterocycles. The van der Waals surface area contributed by atoms with E-state index in [1.807, 2.05) is 30.3 Å². The fourth-order valence-electron chi connectivity index (χ4n) is 4.02. The van der Waals surface area contributed by atoms with Crippen molar-refractivity contribution in [2.75, 3.05) is 26.8 Å². The Labute approximate surface area is 188 Å². The number of hydrogen-bond donors (Lipinski definition) is 0. The minimum atomic E-state index is -0.446. The van der Waals surface area contributed by atoms with Gasteiger partial charge in [-0.2, -0.15) is 0 Å². The van der Waals surface area contributed by atoms with Gasteiger partial charge in [0.05, 0.1) is 18.2 Å². The van der Waals surface area contributed by atoms with E-state index in [9.17, 15) is 4.79 Å². The Kier molecular flexibility index (Phi) is 7.22. The summed E-state index contributed by atoms with van der Waals surface area (Å²) in [6.45, 7) is 5.51. The Morgan fingerprint density at radius 2 is 1.94 bits per heavy atom. The predicted octanol–water partition coefficient (Wildman–Crippen LogP) is 5.35. The largest absolute Gasteiger partial charge is 0.497 e. The van der Waals surface area contributed by atoms with E-state index in [0.29, 0.717) is 17.9 Å². The molecule has 1 aliphatic heterocycles. The zero-order valence-corrected chi connectivity index (χ0v) is 18.8. The summed E-state index contributed by atoms with van der Waals surface area (Å²) in [6, 6.07) is 15.6. The highest BCUT2D eigenvalue weighted by molar-refractivity contribution is 5.95. The van der Waals surface area contributed by atoms with Gasteiger partial charge >= 0.3 is 5.63 Å². The van der Waals surface area contributed by atoms with E-state index < -0.39 is 5.63 Å². The van der Waals surface area contributed by atoms with Crippen LogP contribution in [0.4, 0.5) is 5.69 Å². The van der Waals surface area contributed by atoms with Crippen LogP contribution in [0.25, 0.3) is 11.0 Å². The maximum atomic E-state index is 12.4. The zero-order valence-electron chi connectivity index (χ0n) is 18.8. The van der Waals surface area contributed by atoms with Crippen molar-refractivity contribution in [3.8, 4) is 11.5 Å². The number of hydrogen-bond acceptors (Lipinski definition) is 6. The Hall–Kier alpha value is -3.12. The molecule has 0 bridgehead atoms. The molecule has 0 saturated heterocycles. The minimum Gasteiger partial charge on any atom is -0.497 e. The lowest BCUT2D eigenvalue weighted by Crippen LogP contribution is -2.27. The van der Waals surface area contributed by atoms with Gasteiger partial charge in [-0.05, 0) is 62.2 Å². The average Bonchev–Trinajstić information content (AvgIpc) is 2.82. The van der Waals surface area contributed by atoms with E-state index in [4.69, 9.17) is 13.9 Å². The molecular weight excluding hydrogens is 404 g/mol. The molecule has 3 aromatic rings. The van der Waals surface area contributed by atoms with E-state index in [-0.39, 0.29) is 5.69 Å². The highest BCUT2D eigenvalue weighted by Gasteiger charge is 2.21. The van der Waals surface area contributed by atoms with Gasteiger partial charge in [-0.3, -0.25) is 4.90 Å². The topological polar surface area (TPSA) is 64.3 Å². The van der Waals surface area contributed by atoms with Gasteiger partial charge in [0.15, 0.2) is 11.4 Å². The maximum absolute atomic E-state index is 12.4. The number of methoxy groups -OCH3 is 1. The van der Waals surface area contributed by atoms with Gasteiger partial charge in [0.25, 0.3) is 0 Å². The smallest absolute Gasteiger partial charge is 0.366 e. The number of fused-ring (bicyclic) bond motifs is 3. The van der Waals surface area contributed by atoms with E-state index in [1.165, 1.54) is 5.56 Å². The van der Waals surface area contributed by atoms with Gasteiger partial charge in [-0.25, -0.2) is 9.79 Å².